The van der Waals surface area contributed by atoms with Gasteiger partial charge >= 0.3 is 5.97 Å². The molecule has 0 radical (unpaired) electrons. The number of hydrogen-bond acceptors (Lipinski definition) is 3. The highest BCUT2D eigenvalue weighted by atomic mass is 16.4. The molecule has 0 unspecified atom stereocenters. The van der Waals surface area contributed by atoms with Gasteiger partial charge in [-0.15, -0.1) is 6.58 Å². The SMILES string of the molecule is C=C(C)C[C@H](N)c1ccc(O)c(C(=O)O)c1. The minimum absolute atomic E-state index is 0.130. The number of carboxylic acid groups (broad SMARTS) is 1. The third kappa shape index (κ3) is 2.84. The first-order chi connectivity index (χ1) is 7.41. The van der Waals surface area contributed by atoms with E-state index in [0.29, 0.717) is 12.0 Å². The van der Waals surface area contributed by atoms with Gasteiger partial charge in [0, 0.05) is 6.04 Å². The van der Waals surface area contributed by atoms with E-state index in [-0.39, 0.29) is 17.4 Å². The zero-order valence-corrected chi connectivity index (χ0v) is 9.10. The third-order valence-electron chi connectivity index (χ3n) is 2.25. The van der Waals surface area contributed by atoms with Crippen molar-refractivity contribution in [1.29, 1.82) is 0 Å². The van der Waals surface area contributed by atoms with Gasteiger partial charge in [0.2, 0.25) is 0 Å². The maximum absolute atomic E-state index is 10.8. The van der Waals surface area contributed by atoms with E-state index >= 15 is 0 Å². The first-order valence-electron chi connectivity index (χ1n) is 4.88. The molecule has 0 spiro atoms. The molecule has 86 valence electrons. The van der Waals surface area contributed by atoms with Crippen LogP contribution in [0.1, 0.15) is 35.3 Å². The number of aromatic hydroxyl groups is 1. The van der Waals surface area contributed by atoms with Gasteiger partial charge in [-0.05, 0) is 31.0 Å². The Kier molecular flexibility index (Phi) is 3.68. The topological polar surface area (TPSA) is 83.5 Å². The number of carbonyl (C=O) groups is 1. The van der Waals surface area contributed by atoms with Crippen molar-refractivity contribution in [3.8, 4) is 5.75 Å². The molecule has 4 nitrogen and oxygen atoms in total. The fraction of sp³-hybridized carbons (Fsp3) is 0.250. The van der Waals surface area contributed by atoms with Crippen molar-refractivity contribution in [3.63, 3.8) is 0 Å². The molecule has 0 aliphatic rings. The van der Waals surface area contributed by atoms with Gasteiger partial charge in [-0.3, -0.25) is 0 Å². The Bertz CT molecular complexity index is 426. The van der Waals surface area contributed by atoms with Crippen LogP contribution in [0.2, 0.25) is 0 Å². The van der Waals surface area contributed by atoms with E-state index in [2.05, 4.69) is 6.58 Å². The van der Waals surface area contributed by atoms with Crippen molar-refractivity contribution in [2.45, 2.75) is 19.4 Å². The number of carboxylic acids is 1. The minimum Gasteiger partial charge on any atom is -0.507 e. The highest BCUT2D eigenvalue weighted by Crippen LogP contribution is 2.24. The Hall–Kier alpha value is -1.81. The van der Waals surface area contributed by atoms with Gasteiger partial charge in [0.05, 0.1) is 0 Å². The van der Waals surface area contributed by atoms with Crippen LogP contribution in [0.25, 0.3) is 0 Å². The third-order valence-corrected chi connectivity index (χ3v) is 2.25. The Labute approximate surface area is 94.0 Å². The first-order valence-corrected chi connectivity index (χ1v) is 4.88. The normalized spacial score (nSPS) is 12.1. The van der Waals surface area contributed by atoms with E-state index in [4.69, 9.17) is 10.8 Å². The number of rotatable bonds is 4. The summed E-state index contributed by atoms with van der Waals surface area (Å²) in [5.74, 6) is -1.42. The first kappa shape index (κ1) is 12.3. The summed E-state index contributed by atoms with van der Waals surface area (Å²) in [5, 5.41) is 18.2. The fourth-order valence-electron chi connectivity index (χ4n) is 1.45. The average Bonchev–Trinajstić information content (AvgIpc) is 2.16. The number of aromatic carboxylic acids is 1. The Morgan fingerprint density at radius 2 is 2.19 bits per heavy atom. The van der Waals surface area contributed by atoms with E-state index in [9.17, 15) is 9.90 Å². The largest absolute Gasteiger partial charge is 0.507 e. The van der Waals surface area contributed by atoms with Crippen molar-refractivity contribution >= 4 is 5.97 Å². The molecular formula is C12H15NO3. The summed E-state index contributed by atoms with van der Waals surface area (Å²) in [4.78, 5) is 10.8. The fourth-order valence-corrected chi connectivity index (χ4v) is 1.45. The van der Waals surface area contributed by atoms with Crippen molar-refractivity contribution in [2.24, 2.45) is 5.73 Å². The van der Waals surface area contributed by atoms with Crippen molar-refractivity contribution in [2.75, 3.05) is 0 Å². The second-order valence-electron chi connectivity index (χ2n) is 3.85. The van der Waals surface area contributed by atoms with Crippen LogP contribution in [-0.4, -0.2) is 16.2 Å². The van der Waals surface area contributed by atoms with E-state index < -0.39 is 5.97 Å². The second kappa shape index (κ2) is 4.81. The molecule has 0 heterocycles. The summed E-state index contributed by atoms with van der Waals surface area (Å²) >= 11 is 0. The lowest BCUT2D eigenvalue weighted by molar-refractivity contribution is 0.0693. The van der Waals surface area contributed by atoms with E-state index in [0.717, 1.165) is 5.57 Å². The van der Waals surface area contributed by atoms with Crippen molar-refractivity contribution < 1.29 is 15.0 Å². The second-order valence-corrected chi connectivity index (χ2v) is 3.85. The molecule has 4 heteroatoms. The van der Waals surface area contributed by atoms with Gasteiger partial charge in [-0.2, -0.15) is 0 Å². The van der Waals surface area contributed by atoms with Gasteiger partial charge in [-0.1, -0.05) is 11.6 Å². The van der Waals surface area contributed by atoms with Crippen molar-refractivity contribution in [3.05, 3.63) is 41.5 Å². The summed E-state index contributed by atoms with van der Waals surface area (Å²) in [7, 11) is 0. The van der Waals surface area contributed by atoms with Gasteiger partial charge < -0.3 is 15.9 Å². The molecule has 0 aromatic heterocycles. The van der Waals surface area contributed by atoms with E-state index in [1.807, 2.05) is 6.92 Å². The van der Waals surface area contributed by atoms with Crippen LogP contribution in [-0.2, 0) is 0 Å². The van der Waals surface area contributed by atoms with Gasteiger partial charge in [-0.25, -0.2) is 4.79 Å². The molecule has 0 aliphatic carbocycles. The summed E-state index contributed by atoms with van der Waals surface area (Å²) in [6, 6.07) is 4.06. The van der Waals surface area contributed by atoms with Crippen LogP contribution in [0.3, 0.4) is 0 Å². The molecule has 0 fully saturated rings. The van der Waals surface area contributed by atoms with Gasteiger partial charge in [0.25, 0.3) is 0 Å². The standard InChI is InChI=1S/C12H15NO3/c1-7(2)5-10(13)8-3-4-11(14)9(6-8)12(15)16/h3-4,6,10,14H,1,5,13H2,2H3,(H,15,16)/t10-/m0/s1. The van der Waals surface area contributed by atoms with Crippen LogP contribution in [0.5, 0.6) is 5.75 Å². The molecule has 1 atom stereocenters. The molecule has 0 aliphatic heterocycles. The Morgan fingerprint density at radius 3 is 2.69 bits per heavy atom. The zero-order valence-electron chi connectivity index (χ0n) is 9.10. The Balaban J connectivity index is 3.02. The Morgan fingerprint density at radius 1 is 1.56 bits per heavy atom. The summed E-state index contributed by atoms with van der Waals surface area (Å²) in [6.45, 7) is 5.61. The van der Waals surface area contributed by atoms with Gasteiger partial charge in [0.15, 0.2) is 0 Å². The summed E-state index contributed by atoms with van der Waals surface area (Å²) in [6.07, 6.45) is 0.587. The van der Waals surface area contributed by atoms with Crippen LogP contribution in [0.15, 0.2) is 30.4 Å². The highest BCUT2D eigenvalue weighted by molar-refractivity contribution is 5.90. The van der Waals surface area contributed by atoms with Crippen molar-refractivity contribution in [1.82, 2.24) is 0 Å². The van der Waals surface area contributed by atoms with Crippen LogP contribution < -0.4 is 5.73 Å². The predicted octanol–water partition coefficient (Wildman–Crippen LogP) is 2.06. The highest BCUT2D eigenvalue weighted by Gasteiger charge is 2.13. The minimum atomic E-state index is -1.16. The monoisotopic (exact) mass is 221 g/mol. The molecule has 4 N–H and O–H groups in total. The lowest BCUT2D eigenvalue weighted by atomic mass is 9.99. The molecule has 0 saturated carbocycles. The molecule has 16 heavy (non-hydrogen) atoms. The van der Waals surface area contributed by atoms with E-state index in [1.54, 1.807) is 6.07 Å². The molecular weight excluding hydrogens is 206 g/mol. The molecule has 1 rings (SSSR count). The number of phenols is 1. The van der Waals surface area contributed by atoms with Gasteiger partial charge in [0.1, 0.15) is 11.3 Å². The maximum Gasteiger partial charge on any atom is 0.339 e. The van der Waals surface area contributed by atoms with Crippen LogP contribution in [0, 0.1) is 0 Å². The van der Waals surface area contributed by atoms with Crippen LogP contribution >= 0.6 is 0 Å². The smallest absolute Gasteiger partial charge is 0.339 e. The molecule has 0 bridgehead atoms. The molecule has 0 saturated heterocycles. The summed E-state index contributed by atoms with van der Waals surface area (Å²) < 4.78 is 0. The summed E-state index contributed by atoms with van der Waals surface area (Å²) in [5.41, 5.74) is 7.36. The maximum atomic E-state index is 10.8. The lowest BCUT2D eigenvalue weighted by Gasteiger charge is -2.13. The lowest BCUT2D eigenvalue weighted by Crippen LogP contribution is -2.11. The van der Waals surface area contributed by atoms with Crippen LogP contribution in [0.4, 0.5) is 0 Å². The molecule has 1 aromatic rings. The quantitative estimate of drug-likeness (QED) is 0.679. The molecule has 0 amide bonds. The number of nitrogens with two attached hydrogens (primary N) is 1. The number of hydrogen-bond donors (Lipinski definition) is 3. The molecule has 1 aromatic carbocycles. The zero-order chi connectivity index (χ0) is 12.3. The predicted molar refractivity (Wildman–Crippen MR) is 61.4 cm³/mol. The number of benzene rings is 1. The van der Waals surface area contributed by atoms with E-state index in [1.165, 1.54) is 12.1 Å². The average molecular weight is 221 g/mol.